The number of halogens is 2. The predicted molar refractivity (Wildman–Crippen MR) is 131 cm³/mol. The number of aromatic nitrogens is 1. The van der Waals surface area contributed by atoms with Crippen molar-refractivity contribution in [2.24, 2.45) is 0 Å². The summed E-state index contributed by atoms with van der Waals surface area (Å²) in [6.45, 7) is 0.343. The molecule has 0 radical (unpaired) electrons. The van der Waals surface area contributed by atoms with E-state index in [0.717, 1.165) is 16.9 Å². The van der Waals surface area contributed by atoms with Gasteiger partial charge in [-0.3, -0.25) is 14.4 Å². The number of carbonyl (C=O) groups is 1. The minimum Gasteiger partial charge on any atom is -0.298 e. The average molecular weight is 518 g/mol. The van der Waals surface area contributed by atoms with E-state index in [-0.39, 0.29) is 10.5 Å². The molecule has 6 nitrogen and oxygen atoms in total. The third kappa shape index (κ3) is 4.38. The van der Waals surface area contributed by atoms with E-state index in [4.69, 9.17) is 0 Å². The molecule has 3 aromatic carbocycles. The largest absolute Gasteiger partial charge is 0.298 e. The Morgan fingerprint density at radius 2 is 1.91 bits per heavy atom. The van der Waals surface area contributed by atoms with Crippen molar-refractivity contribution in [2.75, 3.05) is 16.2 Å². The summed E-state index contributed by atoms with van der Waals surface area (Å²) in [5.41, 5.74) is 2.35. The maximum absolute atomic E-state index is 13.3. The number of anilines is 2. The van der Waals surface area contributed by atoms with Gasteiger partial charge in [0, 0.05) is 17.0 Å². The number of alkyl halides is 2. The molecular weight excluding hydrogens is 500 g/mol. The molecule has 0 aliphatic carbocycles. The van der Waals surface area contributed by atoms with Gasteiger partial charge in [-0.05, 0) is 54.4 Å². The first kappa shape index (κ1) is 22.8. The molecule has 1 aliphatic rings. The van der Waals surface area contributed by atoms with Crippen LogP contribution in [0.25, 0.3) is 10.2 Å². The number of sulfonamides is 1. The molecule has 1 aliphatic heterocycles. The van der Waals surface area contributed by atoms with Crippen LogP contribution in [0.15, 0.2) is 76.5 Å². The van der Waals surface area contributed by atoms with E-state index < -0.39 is 21.7 Å². The highest BCUT2D eigenvalue weighted by molar-refractivity contribution is 7.99. The third-order valence-electron chi connectivity index (χ3n) is 5.33. The molecule has 0 saturated carbocycles. The SMILES string of the molecule is O=C(Nc1nc2ccc(SC(F)F)cc2s1)c1cccc(S(=O)(=O)N2CCc3ccccc32)c1. The van der Waals surface area contributed by atoms with Crippen LogP contribution in [0.3, 0.4) is 0 Å². The van der Waals surface area contributed by atoms with E-state index in [1.165, 1.54) is 28.6 Å². The Kier molecular flexibility index (Phi) is 6.00. The summed E-state index contributed by atoms with van der Waals surface area (Å²) in [6, 6.07) is 18.0. The number of thioether (sulfide) groups is 1. The zero-order chi connectivity index (χ0) is 23.9. The van der Waals surface area contributed by atoms with Gasteiger partial charge in [0.15, 0.2) is 5.13 Å². The highest BCUT2D eigenvalue weighted by Gasteiger charge is 2.31. The number of carbonyl (C=O) groups excluding carboxylic acids is 1. The summed E-state index contributed by atoms with van der Waals surface area (Å²) in [5, 5.41) is 2.97. The van der Waals surface area contributed by atoms with Crippen LogP contribution < -0.4 is 9.62 Å². The second-order valence-corrected chi connectivity index (χ2v) is 11.4. The Hall–Kier alpha value is -3.02. The topological polar surface area (TPSA) is 79.4 Å². The fourth-order valence-electron chi connectivity index (χ4n) is 3.79. The minimum atomic E-state index is -3.84. The molecule has 0 atom stereocenters. The molecule has 1 N–H and O–H groups in total. The van der Waals surface area contributed by atoms with Crippen molar-refractivity contribution < 1.29 is 22.0 Å². The number of fused-ring (bicyclic) bond motifs is 2. The van der Waals surface area contributed by atoms with Crippen molar-refractivity contribution in [3.05, 3.63) is 77.9 Å². The molecule has 34 heavy (non-hydrogen) atoms. The van der Waals surface area contributed by atoms with Crippen LogP contribution in [-0.2, 0) is 16.4 Å². The minimum absolute atomic E-state index is 0.0230. The van der Waals surface area contributed by atoms with Crippen molar-refractivity contribution in [1.29, 1.82) is 0 Å². The van der Waals surface area contributed by atoms with Gasteiger partial charge in [0.1, 0.15) is 0 Å². The van der Waals surface area contributed by atoms with Crippen LogP contribution in [0.1, 0.15) is 15.9 Å². The van der Waals surface area contributed by atoms with Gasteiger partial charge in [-0.1, -0.05) is 47.4 Å². The maximum Gasteiger partial charge on any atom is 0.288 e. The Labute approximate surface area is 202 Å². The molecule has 11 heteroatoms. The summed E-state index contributed by atoms with van der Waals surface area (Å²) in [7, 11) is -3.84. The van der Waals surface area contributed by atoms with Crippen molar-refractivity contribution in [3.63, 3.8) is 0 Å². The molecule has 0 fully saturated rings. The molecule has 4 aromatic rings. The standard InChI is InChI=1S/C23H17F2N3O3S3/c24-22(25)32-16-8-9-18-20(13-16)33-23(26-18)27-21(29)15-5-3-6-17(12-15)34(30,31)28-11-10-14-4-1-2-7-19(14)28/h1-9,12-13,22H,10-11H2,(H,26,27,29). The Balaban J connectivity index is 1.38. The number of nitrogens with zero attached hydrogens (tertiary/aromatic N) is 2. The van der Waals surface area contributed by atoms with Crippen LogP contribution in [0.4, 0.5) is 19.6 Å². The number of benzene rings is 3. The number of rotatable bonds is 6. The van der Waals surface area contributed by atoms with Crippen LogP contribution in [-0.4, -0.2) is 31.6 Å². The summed E-state index contributed by atoms with van der Waals surface area (Å²) in [6.07, 6.45) is 0.630. The van der Waals surface area contributed by atoms with E-state index in [1.807, 2.05) is 12.1 Å². The van der Waals surface area contributed by atoms with Crippen LogP contribution >= 0.6 is 23.1 Å². The lowest BCUT2D eigenvalue weighted by atomic mass is 10.2. The third-order valence-corrected chi connectivity index (χ3v) is 8.78. The first-order chi connectivity index (χ1) is 16.3. The van der Waals surface area contributed by atoms with Crippen molar-refractivity contribution in [2.45, 2.75) is 22.0 Å². The molecule has 1 aromatic heterocycles. The number of nitrogens with one attached hydrogen (secondary N) is 1. The molecule has 0 unspecified atom stereocenters. The molecule has 0 spiro atoms. The highest BCUT2D eigenvalue weighted by Crippen LogP contribution is 2.34. The first-order valence-corrected chi connectivity index (χ1v) is 13.3. The Bertz CT molecular complexity index is 1510. The zero-order valence-corrected chi connectivity index (χ0v) is 19.9. The quantitative estimate of drug-likeness (QED) is 0.336. The molecule has 5 rings (SSSR count). The Morgan fingerprint density at radius 1 is 1.09 bits per heavy atom. The van der Waals surface area contributed by atoms with E-state index in [2.05, 4.69) is 10.3 Å². The average Bonchev–Trinajstić information content (AvgIpc) is 3.42. The van der Waals surface area contributed by atoms with Gasteiger partial charge in [0.2, 0.25) is 0 Å². The van der Waals surface area contributed by atoms with Crippen molar-refractivity contribution in [3.8, 4) is 0 Å². The molecule has 174 valence electrons. The summed E-state index contributed by atoms with van der Waals surface area (Å²) in [5.74, 6) is -3.04. The molecular formula is C23H17F2N3O3S3. The molecule has 0 saturated heterocycles. The number of hydrogen-bond acceptors (Lipinski definition) is 6. The lowest BCUT2D eigenvalue weighted by Gasteiger charge is -2.19. The van der Waals surface area contributed by atoms with E-state index in [1.54, 1.807) is 30.3 Å². The van der Waals surface area contributed by atoms with Gasteiger partial charge in [-0.15, -0.1) is 0 Å². The second kappa shape index (κ2) is 8.97. The summed E-state index contributed by atoms with van der Waals surface area (Å²) < 4.78 is 53.8. The first-order valence-electron chi connectivity index (χ1n) is 10.2. The number of amides is 1. The number of para-hydroxylation sites is 1. The van der Waals surface area contributed by atoms with Gasteiger partial charge >= 0.3 is 0 Å². The van der Waals surface area contributed by atoms with Crippen molar-refractivity contribution in [1.82, 2.24) is 4.98 Å². The second-order valence-electron chi connectivity index (χ2n) is 7.46. The van der Waals surface area contributed by atoms with Gasteiger partial charge in [0.25, 0.3) is 21.7 Å². The van der Waals surface area contributed by atoms with Crippen LogP contribution in [0, 0.1) is 0 Å². The number of thiazole rings is 1. The monoisotopic (exact) mass is 517 g/mol. The van der Waals surface area contributed by atoms with E-state index in [9.17, 15) is 22.0 Å². The van der Waals surface area contributed by atoms with E-state index >= 15 is 0 Å². The maximum atomic E-state index is 13.3. The molecule has 0 bridgehead atoms. The molecule has 1 amide bonds. The van der Waals surface area contributed by atoms with Crippen LogP contribution in [0.2, 0.25) is 0 Å². The Morgan fingerprint density at radius 3 is 2.74 bits per heavy atom. The zero-order valence-electron chi connectivity index (χ0n) is 17.4. The lowest BCUT2D eigenvalue weighted by Crippen LogP contribution is -2.29. The van der Waals surface area contributed by atoms with Crippen LogP contribution in [0.5, 0.6) is 0 Å². The predicted octanol–water partition coefficient (Wildman–Crippen LogP) is 5.61. The summed E-state index contributed by atoms with van der Waals surface area (Å²) >= 11 is 1.60. The smallest absolute Gasteiger partial charge is 0.288 e. The fraction of sp³-hybridized carbons (Fsp3) is 0.130. The normalized spacial score (nSPS) is 13.4. The van der Waals surface area contributed by atoms with Crippen molar-refractivity contribution >= 4 is 60.1 Å². The van der Waals surface area contributed by atoms with Gasteiger partial charge < -0.3 is 0 Å². The lowest BCUT2D eigenvalue weighted by molar-refractivity contribution is 0.102. The summed E-state index contributed by atoms with van der Waals surface area (Å²) in [4.78, 5) is 17.6. The molecule has 2 heterocycles. The van der Waals surface area contributed by atoms with Gasteiger partial charge in [0.05, 0.1) is 20.8 Å². The van der Waals surface area contributed by atoms with Gasteiger partial charge in [-0.2, -0.15) is 8.78 Å². The fourth-order valence-corrected chi connectivity index (χ4v) is 6.85. The van der Waals surface area contributed by atoms with E-state index in [0.29, 0.717) is 50.7 Å². The number of hydrogen-bond donors (Lipinski definition) is 1. The highest BCUT2D eigenvalue weighted by atomic mass is 32.2. The van der Waals surface area contributed by atoms with Gasteiger partial charge in [-0.25, -0.2) is 13.4 Å².